The molecule has 1 heterocycles. The largest absolute Gasteiger partial charge is 0.478 e. The van der Waals surface area contributed by atoms with Gasteiger partial charge in [-0.1, -0.05) is 30.3 Å². The van der Waals surface area contributed by atoms with Gasteiger partial charge in [0.05, 0.1) is 6.04 Å². The van der Waals surface area contributed by atoms with Gasteiger partial charge in [-0.25, -0.2) is 0 Å². The first-order valence-corrected chi connectivity index (χ1v) is 5.80. The van der Waals surface area contributed by atoms with Crippen LogP contribution in [0.15, 0.2) is 42.2 Å². The molecule has 90 valence electrons. The zero-order chi connectivity index (χ0) is 12.4. The van der Waals surface area contributed by atoms with Gasteiger partial charge in [-0.3, -0.25) is 4.79 Å². The lowest BCUT2D eigenvalue weighted by Gasteiger charge is -2.38. The number of amides is 1. The van der Waals surface area contributed by atoms with Crippen molar-refractivity contribution in [1.29, 1.82) is 0 Å². The van der Waals surface area contributed by atoms with Crippen molar-refractivity contribution in [3.63, 3.8) is 0 Å². The Kier molecular flexibility index (Phi) is 3.18. The van der Waals surface area contributed by atoms with Crippen LogP contribution in [0, 0.1) is 0 Å². The van der Waals surface area contributed by atoms with Crippen LogP contribution >= 0.6 is 0 Å². The molecular weight excluding hydrogens is 214 g/mol. The van der Waals surface area contributed by atoms with Crippen molar-refractivity contribution in [3.05, 3.63) is 47.7 Å². The number of carbonyl (C=O) groups is 1. The smallest absolute Gasteiger partial charge is 0.288 e. The van der Waals surface area contributed by atoms with E-state index in [-0.39, 0.29) is 18.1 Å². The summed E-state index contributed by atoms with van der Waals surface area (Å²) >= 11 is 0. The molecule has 1 aliphatic heterocycles. The maximum absolute atomic E-state index is 11.9. The highest BCUT2D eigenvalue weighted by atomic mass is 16.5. The number of ether oxygens (including phenoxy) is 1. The summed E-state index contributed by atoms with van der Waals surface area (Å²) in [5.74, 6) is 0.381. The van der Waals surface area contributed by atoms with E-state index in [1.807, 2.05) is 51.2 Å². The molecule has 0 aliphatic carbocycles. The Morgan fingerprint density at radius 3 is 2.53 bits per heavy atom. The van der Waals surface area contributed by atoms with Gasteiger partial charge in [-0.05, 0) is 25.5 Å². The third-order valence-electron chi connectivity index (χ3n) is 3.22. The first-order chi connectivity index (χ1) is 8.15. The van der Waals surface area contributed by atoms with E-state index in [1.54, 1.807) is 11.0 Å². The average Bonchev–Trinajstić information content (AvgIpc) is 2.37. The minimum absolute atomic E-state index is 0.0357. The molecule has 0 unspecified atom stereocenters. The van der Waals surface area contributed by atoms with E-state index in [2.05, 4.69) is 0 Å². The third-order valence-corrected chi connectivity index (χ3v) is 3.22. The lowest BCUT2D eigenvalue weighted by Crippen LogP contribution is -2.45. The Morgan fingerprint density at radius 2 is 1.94 bits per heavy atom. The Morgan fingerprint density at radius 1 is 1.29 bits per heavy atom. The second kappa shape index (κ2) is 4.62. The molecule has 1 aromatic rings. The first-order valence-electron chi connectivity index (χ1n) is 5.80. The maximum Gasteiger partial charge on any atom is 0.288 e. The average molecular weight is 231 g/mol. The van der Waals surface area contributed by atoms with Crippen molar-refractivity contribution >= 4 is 5.91 Å². The van der Waals surface area contributed by atoms with Crippen LogP contribution in [-0.4, -0.2) is 23.9 Å². The molecule has 2 atom stereocenters. The van der Waals surface area contributed by atoms with Gasteiger partial charge in [-0.2, -0.15) is 0 Å². The van der Waals surface area contributed by atoms with Crippen LogP contribution < -0.4 is 0 Å². The van der Waals surface area contributed by atoms with Crippen LogP contribution in [0.4, 0.5) is 0 Å². The van der Waals surface area contributed by atoms with Crippen molar-refractivity contribution in [3.8, 4) is 0 Å². The van der Waals surface area contributed by atoms with Crippen LogP contribution in [0.2, 0.25) is 0 Å². The second-order valence-corrected chi connectivity index (χ2v) is 4.26. The molecule has 0 aromatic heterocycles. The highest BCUT2D eigenvalue weighted by molar-refractivity contribution is 5.92. The summed E-state index contributed by atoms with van der Waals surface area (Å²) < 4.78 is 5.79. The molecule has 0 saturated carbocycles. The van der Waals surface area contributed by atoms with Crippen molar-refractivity contribution in [1.82, 2.24) is 4.90 Å². The zero-order valence-electron chi connectivity index (χ0n) is 10.4. The van der Waals surface area contributed by atoms with E-state index in [1.165, 1.54) is 0 Å². The van der Waals surface area contributed by atoms with E-state index < -0.39 is 0 Å². The Balaban J connectivity index is 2.33. The molecule has 0 N–H and O–H groups in total. The van der Waals surface area contributed by atoms with Gasteiger partial charge < -0.3 is 9.64 Å². The van der Waals surface area contributed by atoms with Crippen molar-refractivity contribution in [2.75, 3.05) is 7.05 Å². The van der Waals surface area contributed by atoms with Crippen LogP contribution in [0.5, 0.6) is 0 Å². The van der Waals surface area contributed by atoms with Crippen LogP contribution in [0.3, 0.4) is 0 Å². The molecule has 0 spiro atoms. The lowest BCUT2D eigenvalue weighted by molar-refractivity contribution is -0.143. The molecule has 0 bridgehead atoms. The molecule has 2 rings (SSSR count). The second-order valence-electron chi connectivity index (χ2n) is 4.26. The molecule has 1 amide bonds. The van der Waals surface area contributed by atoms with Gasteiger partial charge in [0.2, 0.25) is 0 Å². The Labute approximate surface area is 102 Å². The predicted molar refractivity (Wildman–Crippen MR) is 66.3 cm³/mol. The van der Waals surface area contributed by atoms with Crippen molar-refractivity contribution < 1.29 is 9.53 Å². The fraction of sp³-hybridized carbons (Fsp3) is 0.357. The topological polar surface area (TPSA) is 29.5 Å². The van der Waals surface area contributed by atoms with Gasteiger partial charge in [0, 0.05) is 7.05 Å². The van der Waals surface area contributed by atoms with Crippen molar-refractivity contribution in [2.24, 2.45) is 0 Å². The quantitative estimate of drug-likeness (QED) is 0.695. The Hall–Kier alpha value is -1.77. The normalized spacial score (nSPS) is 27.1. The molecule has 1 saturated heterocycles. The van der Waals surface area contributed by atoms with Gasteiger partial charge >= 0.3 is 0 Å². The summed E-state index contributed by atoms with van der Waals surface area (Å²) in [5, 5.41) is 0. The molecule has 0 radical (unpaired) electrons. The number of benzene rings is 1. The number of nitrogens with zero attached hydrogens (tertiary/aromatic N) is 1. The summed E-state index contributed by atoms with van der Waals surface area (Å²) in [4.78, 5) is 13.6. The van der Waals surface area contributed by atoms with Gasteiger partial charge in [0.25, 0.3) is 5.91 Å². The van der Waals surface area contributed by atoms with Crippen LogP contribution in [0.25, 0.3) is 0 Å². The van der Waals surface area contributed by atoms with Crippen molar-refractivity contribution in [2.45, 2.75) is 26.0 Å². The standard InChI is InChI=1S/C14H17NO2/c1-4-12-14(16)15(3)10(2)13(17-12)11-8-6-5-7-9-11/h4-10,13H,1-3H3/b12-4-/t10-,13-/m0/s1. The van der Waals surface area contributed by atoms with Crippen LogP contribution in [-0.2, 0) is 9.53 Å². The number of allylic oxidation sites excluding steroid dienone is 1. The lowest BCUT2D eigenvalue weighted by atomic mass is 10.0. The molecular formula is C14H17NO2. The number of morpholine rings is 1. The van der Waals surface area contributed by atoms with E-state index >= 15 is 0 Å². The molecule has 1 aromatic carbocycles. The van der Waals surface area contributed by atoms with Gasteiger partial charge in [-0.15, -0.1) is 0 Å². The molecule has 3 nitrogen and oxygen atoms in total. The minimum atomic E-state index is -0.0925. The fourth-order valence-corrected chi connectivity index (χ4v) is 2.03. The van der Waals surface area contributed by atoms with E-state index in [4.69, 9.17) is 4.74 Å². The summed E-state index contributed by atoms with van der Waals surface area (Å²) in [5.41, 5.74) is 1.10. The zero-order valence-corrected chi connectivity index (χ0v) is 10.4. The fourth-order valence-electron chi connectivity index (χ4n) is 2.03. The number of likely N-dealkylation sites (N-methyl/N-ethyl adjacent to an activating group) is 1. The highest BCUT2D eigenvalue weighted by Crippen LogP contribution is 2.32. The van der Waals surface area contributed by atoms with E-state index in [0.717, 1.165) is 5.56 Å². The number of hydrogen-bond acceptors (Lipinski definition) is 2. The number of rotatable bonds is 1. The van der Waals surface area contributed by atoms with E-state index in [9.17, 15) is 4.79 Å². The summed E-state index contributed by atoms with van der Waals surface area (Å²) in [6.07, 6.45) is 1.63. The van der Waals surface area contributed by atoms with Gasteiger partial charge in [0.15, 0.2) is 5.76 Å². The van der Waals surface area contributed by atoms with Gasteiger partial charge in [0.1, 0.15) is 6.10 Å². The third kappa shape index (κ3) is 2.05. The highest BCUT2D eigenvalue weighted by Gasteiger charge is 2.35. The molecule has 1 aliphatic rings. The monoisotopic (exact) mass is 231 g/mol. The molecule has 3 heteroatoms. The van der Waals surface area contributed by atoms with E-state index in [0.29, 0.717) is 5.76 Å². The molecule has 17 heavy (non-hydrogen) atoms. The number of carbonyl (C=O) groups excluding carboxylic acids is 1. The van der Waals surface area contributed by atoms with Crippen LogP contribution in [0.1, 0.15) is 25.5 Å². The summed E-state index contributed by atoms with van der Waals surface area (Å²) in [7, 11) is 1.81. The Bertz CT molecular complexity index is 439. The minimum Gasteiger partial charge on any atom is -0.478 e. The summed E-state index contributed by atoms with van der Waals surface area (Å²) in [6, 6.07) is 10.0. The molecule has 1 fully saturated rings. The SMILES string of the molecule is C/C=C1\O[C@H](c2ccccc2)[C@H](C)N(C)C1=O. The predicted octanol–water partition coefficient (Wildman–Crippen LogP) is 2.51. The summed E-state index contributed by atoms with van der Waals surface area (Å²) in [6.45, 7) is 3.82. The first kappa shape index (κ1) is 11.7. The maximum atomic E-state index is 11.9. The number of hydrogen-bond donors (Lipinski definition) is 0.